The fraction of sp³-hybridized carbons (Fsp3) is 0.533. The van der Waals surface area contributed by atoms with Crippen molar-refractivity contribution in [2.75, 3.05) is 30.8 Å². The molecule has 0 amide bonds. The Morgan fingerprint density at radius 2 is 2.40 bits per heavy atom. The lowest BCUT2D eigenvalue weighted by molar-refractivity contribution is 0.0506. The van der Waals surface area contributed by atoms with Gasteiger partial charge in [-0.2, -0.15) is 0 Å². The Kier molecular flexibility index (Phi) is 5.24. The number of benzene rings is 1. The maximum absolute atomic E-state index is 12.0. The maximum Gasteiger partial charge on any atom is 0.340 e. The molecule has 1 aliphatic rings. The van der Waals surface area contributed by atoms with Crippen LogP contribution >= 0.6 is 0 Å². The van der Waals surface area contributed by atoms with E-state index in [4.69, 9.17) is 15.2 Å². The average molecular weight is 278 g/mol. The van der Waals surface area contributed by atoms with E-state index in [0.29, 0.717) is 24.4 Å². The van der Waals surface area contributed by atoms with Crippen molar-refractivity contribution in [3.8, 4) is 0 Å². The second-order valence-corrected chi connectivity index (χ2v) is 4.96. The van der Waals surface area contributed by atoms with Gasteiger partial charge in [-0.3, -0.25) is 0 Å². The van der Waals surface area contributed by atoms with E-state index in [1.807, 2.05) is 13.0 Å². The van der Waals surface area contributed by atoms with Crippen LogP contribution in [0.5, 0.6) is 0 Å². The van der Waals surface area contributed by atoms with Gasteiger partial charge in [0.25, 0.3) is 0 Å². The zero-order valence-electron chi connectivity index (χ0n) is 11.9. The normalized spacial score (nSPS) is 17.9. The van der Waals surface area contributed by atoms with Crippen LogP contribution in [0.15, 0.2) is 18.2 Å². The zero-order chi connectivity index (χ0) is 14.4. The highest BCUT2D eigenvalue weighted by Gasteiger charge is 2.17. The molecule has 110 valence electrons. The van der Waals surface area contributed by atoms with E-state index in [-0.39, 0.29) is 12.1 Å². The minimum Gasteiger partial charge on any atom is -0.462 e. The topological polar surface area (TPSA) is 73.6 Å². The Labute approximate surface area is 119 Å². The van der Waals surface area contributed by atoms with Crippen LogP contribution in [0.3, 0.4) is 0 Å². The number of esters is 1. The van der Waals surface area contributed by atoms with E-state index < -0.39 is 0 Å². The van der Waals surface area contributed by atoms with Crippen LogP contribution in [-0.2, 0) is 9.47 Å². The van der Waals surface area contributed by atoms with Gasteiger partial charge in [-0.15, -0.1) is 0 Å². The van der Waals surface area contributed by atoms with Crippen LogP contribution in [0.4, 0.5) is 11.4 Å². The summed E-state index contributed by atoms with van der Waals surface area (Å²) in [6.07, 6.45) is 3.16. The Morgan fingerprint density at radius 3 is 3.10 bits per heavy atom. The number of nitrogens with one attached hydrogen (secondary N) is 1. The van der Waals surface area contributed by atoms with E-state index in [9.17, 15) is 4.79 Å². The van der Waals surface area contributed by atoms with E-state index in [1.165, 1.54) is 0 Å². The highest BCUT2D eigenvalue weighted by atomic mass is 16.5. The lowest BCUT2D eigenvalue weighted by Crippen LogP contribution is -2.20. The molecule has 3 N–H and O–H groups in total. The average Bonchev–Trinajstić information content (AvgIpc) is 2.96. The standard InChI is InChI=1S/C15H22N2O3/c1-2-7-20-15(18)13-9-11(16)5-6-14(13)17-10-12-4-3-8-19-12/h5-6,9,12,17H,2-4,7-8,10,16H2,1H3. The molecule has 1 fully saturated rings. The van der Waals surface area contributed by atoms with Crippen LogP contribution < -0.4 is 11.1 Å². The Bertz CT molecular complexity index is 456. The number of carbonyl (C=O) groups is 1. The summed E-state index contributed by atoms with van der Waals surface area (Å²) in [5, 5.41) is 3.26. The molecule has 0 spiro atoms. The van der Waals surface area contributed by atoms with Crippen molar-refractivity contribution in [3.05, 3.63) is 23.8 Å². The fourth-order valence-electron chi connectivity index (χ4n) is 2.19. The number of anilines is 2. The molecule has 1 aliphatic heterocycles. The van der Waals surface area contributed by atoms with Gasteiger partial charge >= 0.3 is 5.97 Å². The Hall–Kier alpha value is -1.75. The van der Waals surface area contributed by atoms with Crippen LogP contribution in [0.2, 0.25) is 0 Å². The molecule has 0 aliphatic carbocycles. The highest BCUT2D eigenvalue weighted by Crippen LogP contribution is 2.21. The van der Waals surface area contributed by atoms with Crippen molar-refractivity contribution in [2.45, 2.75) is 32.3 Å². The monoisotopic (exact) mass is 278 g/mol. The Balaban J connectivity index is 2.04. The molecule has 1 saturated heterocycles. The van der Waals surface area contributed by atoms with Crippen molar-refractivity contribution < 1.29 is 14.3 Å². The predicted molar refractivity (Wildman–Crippen MR) is 78.9 cm³/mol. The summed E-state index contributed by atoms with van der Waals surface area (Å²) in [6.45, 7) is 3.89. The molecule has 0 radical (unpaired) electrons. The quantitative estimate of drug-likeness (QED) is 0.617. The number of ether oxygens (including phenoxy) is 2. The van der Waals surface area contributed by atoms with Gasteiger partial charge in [0.2, 0.25) is 0 Å². The largest absolute Gasteiger partial charge is 0.462 e. The summed E-state index contributed by atoms with van der Waals surface area (Å²) in [4.78, 5) is 12.0. The summed E-state index contributed by atoms with van der Waals surface area (Å²) in [5.41, 5.74) is 7.53. The lowest BCUT2D eigenvalue weighted by Gasteiger charge is -2.15. The lowest BCUT2D eigenvalue weighted by atomic mass is 10.1. The predicted octanol–water partition coefficient (Wildman–Crippen LogP) is 2.43. The van der Waals surface area contributed by atoms with Crippen molar-refractivity contribution in [2.24, 2.45) is 0 Å². The molecule has 5 nitrogen and oxygen atoms in total. The number of nitrogens with two attached hydrogens (primary N) is 1. The SMILES string of the molecule is CCCOC(=O)c1cc(N)ccc1NCC1CCCO1. The third-order valence-corrected chi connectivity index (χ3v) is 3.24. The summed E-state index contributed by atoms with van der Waals surface area (Å²) in [6, 6.07) is 5.23. The molecule has 0 saturated carbocycles. The van der Waals surface area contributed by atoms with E-state index in [2.05, 4.69) is 5.32 Å². The van der Waals surface area contributed by atoms with Crippen LogP contribution in [0, 0.1) is 0 Å². The molecular weight excluding hydrogens is 256 g/mol. The number of carbonyl (C=O) groups excluding carboxylic acids is 1. The molecule has 0 aromatic heterocycles. The molecule has 1 unspecified atom stereocenters. The van der Waals surface area contributed by atoms with E-state index in [1.54, 1.807) is 12.1 Å². The van der Waals surface area contributed by atoms with Gasteiger partial charge in [-0.25, -0.2) is 4.79 Å². The zero-order valence-corrected chi connectivity index (χ0v) is 11.9. The molecule has 0 bridgehead atoms. The van der Waals surface area contributed by atoms with Crippen molar-refractivity contribution in [1.82, 2.24) is 0 Å². The first-order chi connectivity index (χ1) is 9.70. The first-order valence-corrected chi connectivity index (χ1v) is 7.13. The van der Waals surface area contributed by atoms with Gasteiger partial charge in [0.05, 0.1) is 18.3 Å². The van der Waals surface area contributed by atoms with Gasteiger partial charge in [-0.1, -0.05) is 6.92 Å². The molecular formula is C15H22N2O3. The van der Waals surface area contributed by atoms with Crippen LogP contribution in [-0.4, -0.2) is 31.8 Å². The van der Waals surface area contributed by atoms with Gasteiger partial charge in [0.15, 0.2) is 0 Å². The fourth-order valence-corrected chi connectivity index (χ4v) is 2.19. The minimum absolute atomic E-state index is 0.215. The summed E-state index contributed by atoms with van der Waals surface area (Å²) in [7, 11) is 0. The molecule has 2 rings (SSSR count). The Morgan fingerprint density at radius 1 is 1.55 bits per heavy atom. The summed E-state index contributed by atoms with van der Waals surface area (Å²) in [5.74, 6) is -0.339. The second-order valence-electron chi connectivity index (χ2n) is 4.96. The van der Waals surface area contributed by atoms with E-state index >= 15 is 0 Å². The molecule has 1 aromatic rings. The van der Waals surface area contributed by atoms with Gasteiger partial charge in [-0.05, 0) is 37.5 Å². The molecule has 20 heavy (non-hydrogen) atoms. The first-order valence-electron chi connectivity index (χ1n) is 7.13. The number of hydrogen-bond acceptors (Lipinski definition) is 5. The van der Waals surface area contributed by atoms with Gasteiger partial charge in [0, 0.05) is 24.5 Å². The van der Waals surface area contributed by atoms with Crippen molar-refractivity contribution >= 4 is 17.3 Å². The molecule has 1 heterocycles. The van der Waals surface area contributed by atoms with E-state index in [0.717, 1.165) is 31.6 Å². The maximum atomic E-state index is 12.0. The van der Waals surface area contributed by atoms with Gasteiger partial charge in [0.1, 0.15) is 0 Å². The number of nitrogen functional groups attached to an aromatic ring is 1. The van der Waals surface area contributed by atoms with Crippen molar-refractivity contribution in [1.29, 1.82) is 0 Å². The van der Waals surface area contributed by atoms with Crippen LogP contribution in [0.1, 0.15) is 36.5 Å². The van der Waals surface area contributed by atoms with Crippen LogP contribution in [0.25, 0.3) is 0 Å². The highest BCUT2D eigenvalue weighted by molar-refractivity contribution is 5.96. The summed E-state index contributed by atoms with van der Waals surface area (Å²) < 4.78 is 10.7. The minimum atomic E-state index is -0.339. The number of rotatable bonds is 6. The van der Waals surface area contributed by atoms with Gasteiger partial charge < -0.3 is 20.5 Å². The molecule has 1 atom stereocenters. The number of hydrogen-bond donors (Lipinski definition) is 2. The molecule has 1 aromatic carbocycles. The third kappa shape index (κ3) is 3.87. The smallest absolute Gasteiger partial charge is 0.340 e. The first kappa shape index (κ1) is 14.7. The summed E-state index contributed by atoms with van der Waals surface area (Å²) >= 11 is 0. The molecule has 5 heteroatoms. The van der Waals surface area contributed by atoms with Crippen molar-refractivity contribution in [3.63, 3.8) is 0 Å². The third-order valence-electron chi connectivity index (χ3n) is 3.24. The second kappa shape index (κ2) is 7.14.